The zero-order chi connectivity index (χ0) is 17.5. The van der Waals surface area contributed by atoms with Crippen LogP contribution in [0.2, 0.25) is 0 Å². The van der Waals surface area contributed by atoms with Crippen LogP contribution in [0.1, 0.15) is 38.7 Å². The summed E-state index contributed by atoms with van der Waals surface area (Å²) in [7, 11) is 1.59. The maximum Gasteiger partial charge on any atom is 0.310 e. The maximum absolute atomic E-state index is 12.0. The van der Waals surface area contributed by atoms with Gasteiger partial charge < -0.3 is 14.8 Å². The van der Waals surface area contributed by atoms with Crippen LogP contribution >= 0.6 is 0 Å². The minimum absolute atomic E-state index is 0.147. The van der Waals surface area contributed by atoms with Crippen molar-refractivity contribution in [2.45, 2.75) is 45.6 Å². The van der Waals surface area contributed by atoms with Crippen molar-refractivity contribution in [1.29, 1.82) is 0 Å². The summed E-state index contributed by atoms with van der Waals surface area (Å²) < 4.78 is 10.2. The molecule has 2 rings (SSSR count). The lowest BCUT2D eigenvalue weighted by atomic mass is 9.78. The first-order chi connectivity index (χ1) is 11.5. The summed E-state index contributed by atoms with van der Waals surface area (Å²) in [4.78, 5) is 23.8. The van der Waals surface area contributed by atoms with Gasteiger partial charge in [0.25, 0.3) is 5.91 Å². The van der Waals surface area contributed by atoms with Gasteiger partial charge in [-0.1, -0.05) is 38.8 Å². The average molecular weight is 333 g/mol. The highest BCUT2D eigenvalue weighted by molar-refractivity contribution is 5.81. The van der Waals surface area contributed by atoms with E-state index in [9.17, 15) is 9.59 Å². The molecule has 1 fully saturated rings. The standard InChI is InChI=1S/C19H27NO4/c1-13-5-4-6-17(14(13)2)20-18(21)12-24-19(22)11-15-7-9-16(23-3)10-8-15/h7-10,13-14,17H,4-6,11-12H2,1-3H3,(H,20,21)/t13-,14+,17-/m1/s1. The molecule has 0 radical (unpaired) electrons. The number of amides is 1. The Morgan fingerprint density at radius 1 is 1.17 bits per heavy atom. The summed E-state index contributed by atoms with van der Waals surface area (Å²) >= 11 is 0. The molecule has 0 aliphatic heterocycles. The summed E-state index contributed by atoms with van der Waals surface area (Å²) in [5.74, 6) is 1.19. The molecule has 3 atom stereocenters. The summed E-state index contributed by atoms with van der Waals surface area (Å²) in [6.45, 7) is 4.18. The first-order valence-corrected chi connectivity index (χ1v) is 8.57. The molecule has 1 aromatic carbocycles. The average Bonchev–Trinajstić information content (AvgIpc) is 2.58. The number of benzene rings is 1. The quantitative estimate of drug-likeness (QED) is 0.813. The van der Waals surface area contributed by atoms with Crippen molar-refractivity contribution in [1.82, 2.24) is 5.32 Å². The highest BCUT2D eigenvalue weighted by Crippen LogP contribution is 2.29. The highest BCUT2D eigenvalue weighted by Gasteiger charge is 2.28. The molecule has 5 heteroatoms. The number of carbonyl (C=O) groups excluding carboxylic acids is 2. The van der Waals surface area contributed by atoms with Crippen molar-refractivity contribution in [3.05, 3.63) is 29.8 Å². The largest absolute Gasteiger partial charge is 0.497 e. The molecule has 0 aromatic heterocycles. The first kappa shape index (κ1) is 18.3. The van der Waals surface area contributed by atoms with Crippen LogP contribution in [0.5, 0.6) is 5.75 Å². The molecule has 1 saturated carbocycles. The van der Waals surface area contributed by atoms with Crippen LogP contribution in [0.25, 0.3) is 0 Å². The SMILES string of the molecule is COc1ccc(CC(=O)OCC(=O)N[C@@H]2CCC[C@@H](C)[C@@H]2C)cc1. The van der Waals surface area contributed by atoms with Crippen molar-refractivity contribution in [3.63, 3.8) is 0 Å². The topological polar surface area (TPSA) is 64.6 Å². The molecule has 1 N–H and O–H groups in total. The monoisotopic (exact) mass is 333 g/mol. The fraction of sp³-hybridized carbons (Fsp3) is 0.579. The predicted octanol–water partition coefficient (Wildman–Crippen LogP) is 2.72. The number of rotatable bonds is 6. The van der Waals surface area contributed by atoms with E-state index in [1.165, 1.54) is 6.42 Å². The van der Waals surface area contributed by atoms with Crippen LogP contribution < -0.4 is 10.1 Å². The molecule has 5 nitrogen and oxygen atoms in total. The third kappa shape index (κ3) is 5.25. The van der Waals surface area contributed by atoms with Gasteiger partial charge in [-0.15, -0.1) is 0 Å². The van der Waals surface area contributed by atoms with E-state index in [4.69, 9.17) is 9.47 Å². The van der Waals surface area contributed by atoms with Crippen LogP contribution in [-0.2, 0) is 20.7 Å². The number of ether oxygens (including phenoxy) is 2. The van der Waals surface area contributed by atoms with Gasteiger partial charge in [-0.2, -0.15) is 0 Å². The van der Waals surface area contributed by atoms with E-state index in [1.807, 2.05) is 12.1 Å². The molecule has 24 heavy (non-hydrogen) atoms. The zero-order valence-corrected chi connectivity index (χ0v) is 14.7. The van der Waals surface area contributed by atoms with E-state index in [0.717, 1.165) is 24.2 Å². The Hall–Kier alpha value is -2.04. The van der Waals surface area contributed by atoms with Crippen molar-refractivity contribution in [3.8, 4) is 5.75 Å². The summed E-state index contributed by atoms with van der Waals surface area (Å²) in [6.07, 6.45) is 3.49. The normalized spacial score (nSPS) is 23.4. The van der Waals surface area contributed by atoms with Gasteiger partial charge in [-0.25, -0.2) is 0 Å². The van der Waals surface area contributed by atoms with Crippen LogP contribution in [0.4, 0.5) is 0 Å². The van der Waals surface area contributed by atoms with Gasteiger partial charge >= 0.3 is 5.97 Å². The number of hydrogen-bond donors (Lipinski definition) is 1. The molecule has 0 bridgehead atoms. The van der Waals surface area contributed by atoms with E-state index in [0.29, 0.717) is 11.8 Å². The van der Waals surface area contributed by atoms with Crippen LogP contribution in [0.15, 0.2) is 24.3 Å². The van der Waals surface area contributed by atoms with Gasteiger partial charge in [-0.3, -0.25) is 9.59 Å². The first-order valence-electron chi connectivity index (χ1n) is 8.57. The van der Waals surface area contributed by atoms with E-state index < -0.39 is 5.97 Å². The number of esters is 1. The van der Waals surface area contributed by atoms with Crippen LogP contribution in [-0.4, -0.2) is 31.6 Å². The molecule has 0 spiro atoms. The second-order valence-electron chi connectivity index (χ2n) is 6.63. The smallest absolute Gasteiger partial charge is 0.310 e. The van der Waals surface area contributed by atoms with Crippen molar-refractivity contribution in [2.75, 3.05) is 13.7 Å². The molecular formula is C19H27NO4. The van der Waals surface area contributed by atoms with E-state index in [2.05, 4.69) is 19.2 Å². The number of carbonyl (C=O) groups is 2. The summed E-state index contributed by atoms with van der Waals surface area (Å²) in [5.41, 5.74) is 0.830. The Kier molecular flexibility index (Phi) is 6.64. The van der Waals surface area contributed by atoms with Crippen molar-refractivity contribution < 1.29 is 19.1 Å². The Morgan fingerprint density at radius 3 is 2.54 bits per heavy atom. The van der Waals surface area contributed by atoms with E-state index >= 15 is 0 Å². The highest BCUT2D eigenvalue weighted by atomic mass is 16.5. The molecule has 132 valence electrons. The molecule has 1 aliphatic rings. The molecule has 1 aliphatic carbocycles. The van der Waals surface area contributed by atoms with Crippen LogP contribution in [0, 0.1) is 11.8 Å². The van der Waals surface area contributed by atoms with E-state index in [1.54, 1.807) is 19.2 Å². The van der Waals surface area contributed by atoms with Gasteiger partial charge in [0.05, 0.1) is 13.5 Å². The molecule has 0 saturated heterocycles. The lowest BCUT2D eigenvalue weighted by Gasteiger charge is -2.34. The van der Waals surface area contributed by atoms with Crippen molar-refractivity contribution in [2.24, 2.45) is 11.8 Å². The fourth-order valence-electron chi connectivity index (χ4n) is 3.14. The second-order valence-corrected chi connectivity index (χ2v) is 6.63. The number of hydrogen-bond acceptors (Lipinski definition) is 4. The van der Waals surface area contributed by atoms with Gasteiger partial charge in [0.15, 0.2) is 6.61 Å². The Labute approximate surface area is 143 Å². The summed E-state index contributed by atoms with van der Waals surface area (Å²) in [5, 5.41) is 3.00. The van der Waals surface area contributed by atoms with Crippen molar-refractivity contribution >= 4 is 11.9 Å². The van der Waals surface area contributed by atoms with E-state index in [-0.39, 0.29) is 25.0 Å². The molecular weight excluding hydrogens is 306 g/mol. The lowest BCUT2D eigenvalue weighted by Crippen LogP contribution is -2.45. The number of nitrogens with one attached hydrogen (secondary N) is 1. The van der Waals surface area contributed by atoms with Gasteiger partial charge in [0, 0.05) is 6.04 Å². The third-order valence-electron chi connectivity index (χ3n) is 4.92. The molecule has 1 aromatic rings. The molecule has 1 amide bonds. The second kappa shape index (κ2) is 8.71. The van der Waals surface area contributed by atoms with Gasteiger partial charge in [-0.05, 0) is 36.0 Å². The minimum Gasteiger partial charge on any atom is -0.497 e. The predicted molar refractivity (Wildman–Crippen MR) is 91.8 cm³/mol. The Morgan fingerprint density at radius 2 is 1.88 bits per heavy atom. The van der Waals surface area contributed by atoms with Gasteiger partial charge in [0.1, 0.15) is 5.75 Å². The molecule has 0 heterocycles. The number of methoxy groups -OCH3 is 1. The minimum atomic E-state index is -0.402. The Bertz CT molecular complexity index is 555. The lowest BCUT2D eigenvalue weighted by molar-refractivity contribution is -0.148. The zero-order valence-electron chi connectivity index (χ0n) is 14.7. The van der Waals surface area contributed by atoms with Crippen LogP contribution in [0.3, 0.4) is 0 Å². The Balaban J connectivity index is 1.73. The third-order valence-corrected chi connectivity index (χ3v) is 4.92. The maximum atomic E-state index is 12.0. The summed E-state index contributed by atoms with van der Waals surface area (Å²) in [6, 6.07) is 7.39. The molecule has 0 unspecified atom stereocenters. The fourth-order valence-corrected chi connectivity index (χ4v) is 3.14. The van der Waals surface area contributed by atoms with Gasteiger partial charge in [0.2, 0.25) is 0 Å².